The van der Waals surface area contributed by atoms with E-state index >= 15 is 0 Å². The van der Waals surface area contributed by atoms with Gasteiger partial charge in [-0.2, -0.15) is 0 Å². The van der Waals surface area contributed by atoms with E-state index in [9.17, 15) is 9.59 Å². The topological polar surface area (TPSA) is 76.7 Å². The summed E-state index contributed by atoms with van der Waals surface area (Å²) in [6, 6.07) is 0. The van der Waals surface area contributed by atoms with E-state index in [-0.39, 0.29) is 18.9 Å². The predicted octanol–water partition coefficient (Wildman–Crippen LogP) is 2.17. The third-order valence-corrected chi connectivity index (χ3v) is 2.66. The Morgan fingerprint density at radius 3 is 2.59 bits per heavy atom. The number of hydrogen-bond acceptors (Lipinski definition) is 4. The molecule has 0 rings (SSSR count). The number of alkyl carbamates (subject to hydrolysis) is 1. The minimum Gasteiger partial charge on any atom is -0.449 e. The van der Waals surface area contributed by atoms with Gasteiger partial charge in [0.1, 0.15) is 6.61 Å². The third-order valence-electron chi connectivity index (χ3n) is 2.66. The second-order valence-electron chi connectivity index (χ2n) is 4.55. The van der Waals surface area contributed by atoms with Gasteiger partial charge < -0.3 is 20.1 Å². The molecule has 0 heterocycles. The number of unbranched alkanes of at least 4 members (excludes halogenated alkanes) is 1. The van der Waals surface area contributed by atoms with Crippen molar-refractivity contribution in [3.05, 3.63) is 24.3 Å². The van der Waals surface area contributed by atoms with Crippen molar-refractivity contribution in [2.75, 3.05) is 33.4 Å². The smallest absolute Gasteiger partial charge is 0.407 e. The Hall–Kier alpha value is -1.82. The van der Waals surface area contributed by atoms with Crippen LogP contribution in [0.1, 0.15) is 32.6 Å². The molecule has 0 saturated heterocycles. The third kappa shape index (κ3) is 14.6. The fourth-order valence-corrected chi connectivity index (χ4v) is 1.38. The van der Waals surface area contributed by atoms with Crippen molar-refractivity contribution in [1.82, 2.24) is 10.6 Å². The quantitative estimate of drug-likeness (QED) is 0.428. The van der Waals surface area contributed by atoms with E-state index in [2.05, 4.69) is 17.6 Å². The molecule has 0 aliphatic heterocycles. The molecule has 0 saturated carbocycles. The maximum absolute atomic E-state index is 11.2. The summed E-state index contributed by atoms with van der Waals surface area (Å²) in [6.45, 7) is 4.16. The summed E-state index contributed by atoms with van der Waals surface area (Å²) in [6.07, 6.45) is 10.4. The highest BCUT2D eigenvalue weighted by Crippen LogP contribution is 1.91. The highest BCUT2D eigenvalue weighted by Gasteiger charge is 2.02. The zero-order valence-electron chi connectivity index (χ0n) is 13.6. The average molecular weight is 312 g/mol. The van der Waals surface area contributed by atoms with Gasteiger partial charge in [0.25, 0.3) is 0 Å². The van der Waals surface area contributed by atoms with Crippen LogP contribution >= 0.6 is 0 Å². The molecular weight excluding hydrogens is 284 g/mol. The fraction of sp³-hybridized carbons (Fsp3) is 0.625. The zero-order chi connectivity index (χ0) is 16.5. The Labute approximate surface area is 132 Å². The van der Waals surface area contributed by atoms with Gasteiger partial charge in [0.15, 0.2) is 0 Å². The summed E-state index contributed by atoms with van der Waals surface area (Å²) in [5.41, 5.74) is 0. The number of ether oxygens (including phenoxy) is 2. The molecule has 6 heteroatoms. The van der Waals surface area contributed by atoms with Gasteiger partial charge in [0.2, 0.25) is 5.91 Å². The first-order valence-corrected chi connectivity index (χ1v) is 7.71. The fourth-order valence-electron chi connectivity index (χ4n) is 1.38. The van der Waals surface area contributed by atoms with Crippen molar-refractivity contribution in [2.45, 2.75) is 32.6 Å². The number of rotatable bonds is 12. The largest absolute Gasteiger partial charge is 0.449 e. The molecule has 0 spiro atoms. The Morgan fingerprint density at radius 2 is 1.86 bits per heavy atom. The van der Waals surface area contributed by atoms with Crippen LogP contribution in [-0.2, 0) is 14.3 Å². The molecule has 6 nitrogen and oxygen atoms in total. The summed E-state index contributed by atoms with van der Waals surface area (Å²) < 4.78 is 10.2. The van der Waals surface area contributed by atoms with Crippen molar-refractivity contribution < 1.29 is 19.1 Å². The van der Waals surface area contributed by atoms with Gasteiger partial charge in [-0.15, -0.1) is 0 Å². The lowest BCUT2D eigenvalue weighted by molar-refractivity contribution is -0.121. The normalized spacial score (nSPS) is 11.0. The molecule has 0 aliphatic rings. The summed E-state index contributed by atoms with van der Waals surface area (Å²) >= 11 is 0. The van der Waals surface area contributed by atoms with Crippen molar-refractivity contribution in [3.63, 3.8) is 0 Å². The molecule has 0 fully saturated rings. The standard InChI is InChI=1S/C16H28N2O4/c1-3-4-12-21-13-9-7-5-6-8-11-18-16(20)22-14-10-15(19)17-2/h5-8H,3-4,9-14H2,1-2H3,(H,17,19)(H,18,20)/b7-5+,8-6+. The molecule has 0 atom stereocenters. The Kier molecular flexibility index (Phi) is 14.3. The summed E-state index contributed by atoms with van der Waals surface area (Å²) in [5, 5.41) is 5.01. The van der Waals surface area contributed by atoms with E-state index in [1.54, 1.807) is 0 Å². The van der Waals surface area contributed by atoms with Gasteiger partial charge in [-0.25, -0.2) is 4.79 Å². The number of allylic oxidation sites excluding steroid dienone is 2. The Bertz CT molecular complexity index is 354. The maximum atomic E-state index is 11.2. The van der Waals surface area contributed by atoms with Crippen LogP contribution in [0, 0.1) is 0 Å². The number of amides is 2. The molecule has 126 valence electrons. The monoisotopic (exact) mass is 312 g/mol. The van der Waals surface area contributed by atoms with Crippen LogP contribution in [0.25, 0.3) is 0 Å². The van der Waals surface area contributed by atoms with Crippen LogP contribution in [0.4, 0.5) is 4.79 Å². The average Bonchev–Trinajstić information content (AvgIpc) is 2.52. The minimum absolute atomic E-state index is 0.0765. The zero-order valence-corrected chi connectivity index (χ0v) is 13.6. The van der Waals surface area contributed by atoms with Gasteiger partial charge in [0, 0.05) is 20.2 Å². The Morgan fingerprint density at radius 1 is 1.09 bits per heavy atom. The lowest BCUT2D eigenvalue weighted by Crippen LogP contribution is -2.26. The highest BCUT2D eigenvalue weighted by molar-refractivity contribution is 5.76. The number of hydrogen-bond donors (Lipinski definition) is 2. The van der Waals surface area contributed by atoms with Crippen LogP contribution in [0.3, 0.4) is 0 Å². The lowest BCUT2D eigenvalue weighted by atomic mass is 10.3. The highest BCUT2D eigenvalue weighted by atomic mass is 16.5. The molecule has 0 radical (unpaired) electrons. The van der Waals surface area contributed by atoms with E-state index in [0.717, 1.165) is 32.5 Å². The lowest BCUT2D eigenvalue weighted by Gasteiger charge is -2.04. The Balaban J connectivity index is 3.45. The summed E-state index contributed by atoms with van der Waals surface area (Å²) in [5.74, 6) is -0.156. The van der Waals surface area contributed by atoms with Crippen LogP contribution in [0.5, 0.6) is 0 Å². The van der Waals surface area contributed by atoms with Gasteiger partial charge in [0.05, 0.1) is 13.0 Å². The van der Waals surface area contributed by atoms with E-state index in [4.69, 9.17) is 9.47 Å². The van der Waals surface area contributed by atoms with Crippen LogP contribution < -0.4 is 10.6 Å². The first kappa shape index (κ1) is 20.2. The SMILES string of the molecule is CCCCOCC/C=C/C=C/CNC(=O)OCCC(=O)NC. The van der Waals surface area contributed by atoms with E-state index < -0.39 is 6.09 Å². The molecule has 0 aromatic rings. The number of carbonyl (C=O) groups excluding carboxylic acids is 2. The minimum atomic E-state index is -0.526. The number of nitrogens with one attached hydrogen (secondary N) is 2. The number of carbonyl (C=O) groups is 2. The molecule has 2 amide bonds. The van der Waals surface area contributed by atoms with Crippen molar-refractivity contribution in [1.29, 1.82) is 0 Å². The van der Waals surface area contributed by atoms with E-state index in [1.165, 1.54) is 7.05 Å². The summed E-state index contributed by atoms with van der Waals surface area (Å²) in [7, 11) is 1.54. The van der Waals surface area contributed by atoms with Crippen molar-refractivity contribution >= 4 is 12.0 Å². The van der Waals surface area contributed by atoms with Gasteiger partial charge in [-0.3, -0.25) is 4.79 Å². The first-order valence-electron chi connectivity index (χ1n) is 7.71. The van der Waals surface area contributed by atoms with Crippen molar-refractivity contribution in [2.24, 2.45) is 0 Å². The molecule has 0 aliphatic carbocycles. The van der Waals surface area contributed by atoms with Crippen LogP contribution in [-0.4, -0.2) is 45.4 Å². The summed E-state index contributed by atoms with van der Waals surface area (Å²) in [4.78, 5) is 22.1. The second-order valence-corrected chi connectivity index (χ2v) is 4.55. The molecule has 2 N–H and O–H groups in total. The molecular formula is C16H28N2O4. The molecule has 0 unspecified atom stereocenters. The van der Waals surface area contributed by atoms with Gasteiger partial charge in [-0.05, 0) is 12.8 Å². The molecule has 0 bridgehead atoms. The van der Waals surface area contributed by atoms with Gasteiger partial charge in [-0.1, -0.05) is 37.6 Å². The first-order chi connectivity index (χ1) is 10.7. The van der Waals surface area contributed by atoms with E-state index in [1.807, 2.05) is 24.3 Å². The maximum Gasteiger partial charge on any atom is 0.407 e. The van der Waals surface area contributed by atoms with Crippen LogP contribution in [0.2, 0.25) is 0 Å². The molecule has 0 aromatic heterocycles. The van der Waals surface area contributed by atoms with Crippen LogP contribution in [0.15, 0.2) is 24.3 Å². The van der Waals surface area contributed by atoms with E-state index in [0.29, 0.717) is 6.54 Å². The van der Waals surface area contributed by atoms with Crippen molar-refractivity contribution in [3.8, 4) is 0 Å². The molecule has 0 aromatic carbocycles. The predicted molar refractivity (Wildman–Crippen MR) is 86.7 cm³/mol. The molecule has 22 heavy (non-hydrogen) atoms. The second kappa shape index (κ2) is 15.6. The van der Waals surface area contributed by atoms with Gasteiger partial charge >= 0.3 is 6.09 Å².